The number of halogens is 4. The maximum absolute atomic E-state index is 14.5. The first-order chi connectivity index (χ1) is 15.5. The molecular weight excluding hydrogens is 464 g/mol. The third-order valence-corrected chi connectivity index (χ3v) is 5.97. The first kappa shape index (κ1) is 22.6. The quantitative estimate of drug-likeness (QED) is 0.359. The van der Waals surface area contributed by atoms with Gasteiger partial charge < -0.3 is 9.15 Å². The van der Waals surface area contributed by atoms with Crippen molar-refractivity contribution in [3.05, 3.63) is 72.4 Å². The molecule has 172 valence electrons. The van der Waals surface area contributed by atoms with Crippen molar-refractivity contribution in [1.29, 1.82) is 0 Å². The van der Waals surface area contributed by atoms with Gasteiger partial charge in [-0.15, -0.1) is 0 Å². The molecule has 0 fully saturated rings. The average Bonchev–Trinajstić information content (AvgIpc) is 3.42. The summed E-state index contributed by atoms with van der Waals surface area (Å²) in [5.74, 6) is -0.264. The van der Waals surface area contributed by atoms with Gasteiger partial charge in [-0.1, -0.05) is 6.07 Å². The normalized spacial score (nSPS) is 12.2. The molecule has 11 heteroatoms. The third-order valence-electron chi connectivity index (χ3n) is 4.84. The first-order valence-corrected chi connectivity index (χ1v) is 11.3. The Labute approximate surface area is 186 Å². The highest BCUT2D eigenvalue weighted by Gasteiger charge is 2.35. The Hall–Kier alpha value is -3.60. The number of aromatic nitrogens is 2. The summed E-state index contributed by atoms with van der Waals surface area (Å²) in [6.07, 6.45) is -2.45. The van der Waals surface area contributed by atoms with Crippen LogP contribution in [0.2, 0.25) is 0 Å². The van der Waals surface area contributed by atoms with E-state index in [1.807, 2.05) is 0 Å². The van der Waals surface area contributed by atoms with E-state index < -0.39 is 32.4 Å². The number of methoxy groups -OCH3 is 1. The fourth-order valence-corrected chi connectivity index (χ4v) is 4.06. The Morgan fingerprint density at radius 3 is 2.39 bits per heavy atom. The molecule has 0 saturated heterocycles. The molecular formula is C22H16F4N2O4S. The van der Waals surface area contributed by atoms with Crippen LogP contribution in [0.1, 0.15) is 5.69 Å². The molecule has 0 radical (unpaired) electrons. The van der Waals surface area contributed by atoms with Gasteiger partial charge in [0.05, 0.1) is 30.3 Å². The van der Waals surface area contributed by atoms with Gasteiger partial charge in [0.2, 0.25) is 0 Å². The number of nitrogens with zero attached hydrogens (tertiary/aromatic N) is 2. The molecule has 33 heavy (non-hydrogen) atoms. The van der Waals surface area contributed by atoms with Crippen molar-refractivity contribution >= 4 is 9.84 Å². The third kappa shape index (κ3) is 4.36. The Kier molecular flexibility index (Phi) is 5.52. The van der Waals surface area contributed by atoms with Crippen molar-refractivity contribution in [2.24, 2.45) is 0 Å². The zero-order valence-electron chi connectivity index (χ0n) is 17.2. The van der Waals surface area contributed by atoms with Crippen LogP contribution in [0.15, 0.2) is 70.2 Å². The van der Waals surface area contributed by atoms with E-state index in [1.165, 1.54) is 25.5 Å². The summed E-state index contributed by atoms with van der Waals surface area (Å²) in [6.45, 7) is 0. The molecule has 0 unspecified atom stereocenters. The largest absolute Gasteiger partial charge is 0.496 e. The van der Waals surface area contributed by atoms with E-state index in [0.29, 0.717) is 22.6 Å². The average molecular weight is 480 g/mol. The minimum atomic E-state index is -4.76. The molecule has 0 aliphatic heterocycles. The van der Waals surface area contributed by atoms with E-state index in [0.717, 1.165) is 29.1 Å². The summed E-state index contributed by atoms with van der Waals surface area (Å²) in [6, 6.07) is 11.9. The van der Waals surface area contributed by atoms with Crippen molar-refractivity contribution in [2.45, 2.75) is 11.1 Å². The number of alkyl halides is 3. The monoisotopic (exact) mass is 480 g/mol. The number of benzene rings is 2. The molecule has 0 spiro atoms. The lowest BCUT2D eigenvalue weighted by Crippen LogP contribution is -2.08. The number of furan rings is 1. The van der Waals surface area contributed by atoms with Gasteiger partial charge in [0.25, 0.3) is 0 Å². The van der Waals surface area contributed by atoms with Crippen LogP contribution in [0.3, 0.4) is 0 Å². The van der Waals surface area contributed by atoms with Gasteiger partial charge in [-0.05, 0) is 42.5 Å². The van der Waals surface area contributed by atoms with Crippen molar-refractivity contribution in [1.82, 2.24) is 9.78 Å². The SMILES string of the molecule is COc1cc(-c2cc(C(F)(F)F)nn2-c2ccc(S(C)(=O)=O)c(F)c2)ccc1-c1ccco1. The minimum Gasteiger partial charge on any atom is -0.496 e. The summed E-state index contributed by atoms with van der Waals surface area (Å²) in [5.41, 5.74) is -0.397. The lowest BCUT2D eigenvalue weighted by Gasteiger charge is -2.12. The van der Waals surface area contributed by atoms with Crippen LogP contribution < -0.4 is 4.74 Å². The van der Waals surface area contributed by atoms with Crippen LogP contribution >= 0.6 is 0 Å². The number of rotatable bonds is 5. The number of sulfone groups is 1. The molecule has 6 nitrogen and oxygen atoms in total. The molecule has 4 rings (SSSR count). The highest BCUT2D eigenvalue weighted by atomic mass is 32.2. The summed E-state index contributed by atoms with van der Waals surface area (Å²) < 4.78 is 89.8. The van der Waals surface area contributed by atoms with Gasteiger partial charge in [-0.3, -0.25) is 0 Å². The van der Waals surface area contributed by atoms with E-state index in [1.54, 1.807) is 24.3 Å². The fraction of sp³-hybridized carbons (Fsp3) is 0.136. The van der Waals surface area contributed by atoms with Crippen LogP contribution in [0.4, 0.5) is 17.6 Å². The minimum absolute atomic E-state index is 0.00174. The molecule has 2 aromatic carbocycles. The summed E-state index contributed by atoms with van der Waals surface area (Å²) in [5, 5.41) is 3.61. The van der Waals surface area contributed by atoms with Gasteiger partial charge in [0, 0.05) is 17.9 Å². The molecule has 0 N–H and O–H groups in total. The summed E-state index contributed by atoms with van der Waals surface area (Å²) in [4.78, 5) is -0.569. The standard InChI is InChI=1S/C22H16F4N2O4S/c1-31-19-10-13(5-7-15(19)18-4-3-9-32-18)17-12-21(22(24,25)26)27-28(17)14-6-8-20(16(23)11-14)33(2,29)30/h3-12H,1-2H3. The number of hydrogen-bond donors (Lipinski definition) is 0. The van der Waals surface area contributed by atoms with Gasteiger partial charge in [-0.25, -0.2) is 17.5 Å². The second-order valence-corrected chi connectivity index (χ2v) is 9.09. The zero-order valence-corrected chi connectivity index (χ0v) is 18.0. The predicted octanol–water partition coefficient (Wildman–Crippen LogP) is 5.37. The van der Waals surface area contributed by atoms with Gasteiger partial charge in [0.1, 0.15) is 22.2 Å². The molecule has 0 amide bonds. The van der Waals surface area contributed by atoms with E-state index in [4.69, 9.17) is 9.15 Å². The molecule has 0 bridgehead atoms. The van der Waals surface area contributed by atoms with Gasteiger partial charge in [0.15, 0.2) is 15.5 Å². The smallest absolute Gasteiger partial charge is 0.435 e. The lowest BCUT2D eigenvalue weighted by molar-refractivity contribution is -0.141. The van der Waals surface area contributed by atoms with Crippen LogP contribution in [-0.2, 0) is 16.0 Å². The predicted molar refractivity (Wildman–Crippen MR) is 111 cm³/mol. The van der Waals surface area contributed by atoms with E-state index >= 15 is 0 Å². The maximum atomic E-state index is 14.5. The van der Waals surface area contributed by atoms with E-state index in [9.17, 15) is 26.0 Å². The zero-order chi connectivity index (χ0) is 24.0. The maximum Gasteiger partial charge on any atom is 0.435 e. The lowest BCUT2D eigenvalue weighted by atomic mass is 10.1. The van der Waals surface area contributed by atoms with Crippen molar-refractivity contribution < 1.29 is 35.1 Å². The highest BCUT2D eigenvalue weighted by molar-refractivity contribution is 7.90. The molecule has 0 aliphatic carbocycles. The van der Waals surface area contributed by atoms with Crippen LogP contribution in [-0.4, -0.2) is 31.6 Å². The summed E-state index contributed by atoms with van der Waals surface area (Å²) in [7, 11) is -2.45. The topological polar surface area (TPSA) is 74.3 Å². The molecule has 2 aromatic heterocycles. The molecule has 0 saturated carbocycles. The molecule has 2 heterocycles. The van der Waals surface area contributed by atoms with Gasteiger partial charge in [-0.2, -0.15) is 18.3 Å². The second-order valence-electron chi connectivity index (χ2n) is 7.10. The van der Waals surface area contributed by atoms with Crippen molar-refractivity contribution in [3.8, 4) is 34.0 Å². The first-order valence-electron chi connectivity index (χ1n) is 9.38. The molecule has 0 atom stereocenters. The highest BCUT2D eigenvalue weighted by Crippen LogP contribution is 2.38. The van der Waals surface area contributed by atoms with E-state index in [2.05, 4.69) is 5.10 Å². The van der Waals surface area contributed by atoms with Crippen molar-refractivity contribution in [3.63, 3.8) is 0 Å². The van der Waals surface area contributed by atoms with Crippen LogP contribution in [0, 0.1) is 5.82 Å². The van der Waals surface area contributed by atoms with Gasteiger partial charge >= 0.3 is 6.18 Å². The second kappa shape index (κ2) is 8.07. The Balaban J connectivity index is 1.90. The Morgan fingerprint density at radius 2 is 1.82 bits per heavy atom. The molecule has 4 aromatic rings. The fourth-order valence-electron chi connectivity index (χ4n) is 3.33. The van der Waals surface area contributed by atoms with E-state index in [-0.39, 0.29) is 11.4 Å². The Morgan fingerprint density at radius 1 is 1.06 bits per heavy atom. The summed E-state index contributed by atoms with van der Waals surface area (Å²) >= 11 is 0. The molecule has 0 aliphatic rings. The number of hydrogen-bond acceptors (Lipinski definition) is 5. The number of ether oxygens (including phenoxy) is 1. The van der Waals surface area contributed by atoms with Crippen LogP contribution in [0.5, 0.6) is 5.75 Å². The van der Waals surface area contributed by atoms with Crippen molar-refractivity contribution in [2.75, 3.05) is 13.4 Å². The van der Waals surface area contributed by atoms with Crippen LogP contribution in [0.25, 0.3) is 28.3 Å². The Bertz CT molecular complexity index is 1430.